The van der Waals surface area contributed by atoms with Crippen molar-refractivity contribution in [2.75, 3.05) is 0 Å². The Bertz CT molecular complexity index is 18.8. The molecule has 0 spiro atoms. The normalized spacial score (nSPS) is 7.40. The molecule has 0 N–H and O–H groups in total. The topological polar surface area (TPSA) is 0 Å². The first-order valence-corrected chi connectivity index (χ1v) is 1.32. The van der Waals surface area contributed by atoms with Crippen LogP contribution in [0.1, 0.15) is 6.92 Å². The first-order valence-electron chi connectivity index (χ1n) is 1.32. The molecule has 0 aromatic heterocycles. The van der Waals surface area contributed by atoms with Crippen molar-refractivity contribution in [2.24, 2.45) is 0 Å². The Balaban J connectivity index is 0. The summed E-state index contributed by atoms with van der Waals surface area (Å²) in [6.07, 6.45) is 3.64. The van der Waals surface area contributed by atoms with Crippen LogP contribution in [-0.2, 0) is 22.4 Å². The molecule has 0 saturated heterocycles. The molecular weight excluding hydrogens is 245 g/mol. The third-order valence-corrected chi connectivity index (χ3v) is 0.236. The van der Waals surface area contributed by atoms with Crippen LogP contribution in [0, 0.1) is 6.92 Å². The minimum atomic E-state index is 0. The minimum Gasteiger partial charge on any atom is -0.245 e. The maximum absolute atomic E-state index is 3.42. The number of hydrogen-bond donors (Lipinski definition) is 0. The predicted molar refractivity (Wildman–Crippen MR) is 20.2 cm³/mol. The molecule has 0 aromatic carbocycles. The third-order valence-electron chi connectivity index (χ3n) is 0.236. The van der Waals surface area contributed by atoms with E-state index < -0.39 is 0 Å². The first kappa shape index (κ1) is 9.02. The molecule has 1 heteroatoms. The molecule has 0 fully saturated rings. The first-order chi connectivity index (χ1) is 1.91. The molecule has 34 valence electrons. The van der Waals surface area contributed by atoms with Gasteiger partial charge in [0.15, 0.2) is 0 Å². The van der Waals surface area contributed by atoms with E-state index in [9.17, 15) is 0 Å². The van der Waals surface area contributed by atoms with Crippen LogP contribution in [0.3, 0.4) is 0 Å². The zero-order valence-corrected chi connectivity index (χ0v) is 5.33. The van der Waals surface area contributed by atoms with E-state index in [0.717, 1.165) is 0 Å². The van der Waals surface area contributed by atoms with E-state index in [1.165, 1.54) is 0 Å². The van der Waals surface area contributed by atoms with Gasteiger partial charge in [0, 0.05) is 0 Å². The van der Waals surface area contributed by atoms with Gasteiger partial charge in [-0.1, -0.05) is 0 Å². The van der Waals surface area contributed by atoms with Crippen molar-refractivity contribution in [1.29, 1.82) is 0 Å². The fourth-order valence-electron chi connectivity index (χ4n) is 0. The van der Waals surface area contributed by atoms with E-state index in [0.29, 0.717) is 0 Å². The summed E-state index contributed by atoms with van der Waals surface area (Å²) in [6.45, 7) is 5.36. The van der Waals surface area contributed by atoms with Gasteiger partial charge < -0.3 is 0 Å². The molecule has 0 aromatic rings. The average molecular weight is 252 g/mol. The second-order valence-corrected chi connectivity index (χ2v) is 0.569. The van der Waals surface area contributed by atoms with Crippen molar-refractivity contribution >= 4 is 0 Å². The molecule has 0 unspecified atom stereocenters. The molecule has 0 heterocycles. The Labute approximate surface area is 48.8 Å². The van der Waals surface area contributed by atoms with E-state index in [-0.39, 0.29) is 22.4 Å². The van der Waals surface area contributed by atoms with Gasteiger partial charge in [0.1, 0.15) is 0 Å². The molecule has 0 nitrogen and oxygen atoms in total. The molecule has 0 aliphatic carbocycles. The molecule has 0 amide bonds. The van der Waals surface area contributed by atoms with Gasteiger partial charge in [-0.15, -0.1) is 6.92 Å². The third kappa shape index (κ3) is 13.2. The quantitative estimate of drug-likeness (QED) is 0.451. The molecule has 0 bridgehead atoms. The van der Waals surface area contributed by atoms with Crippen LogP contribution in [0.4, 0.5) is 0 Å². The van der Waals surface area contributed by atoms with Crippen molar-refractivity contribution in [2.45, 2.75) is 6.92 Å². The molecule has 0 radical (unpaired) electrons. The summed E-state index contributed by atoms with van der Waals surface area (Å²) in [5, 5.41) is 0. The Morgan fingerprint density at radius 2 is 1.80 bits per heavy atom. The summed E-state index contributed by atoms with van der Waals surface area (Å²) in [7, 11) is 0. The Hall–Kier alpha value is 0.350. The minimum absolute atomic E-state index is 0. The van der Waals surface area contributed by atoms with Crippen molar-refractivity contribution in [3.05, 3.63) is 19.1 Å². The fraction of sp³-hybridized carbons (Fsp3) is 0.250. The van der Waals surface area contributed by atoms with Gasteiger partial charge in [-0.05, 0) is 0 Å². The van der Waals surface area contributed by atoms with Gasteiger partial charge in [0.2, 0.25) is 0 Å². The summed E-state index contributed by atoms with van der Waals surface area (Å²) in [5.41, 5.74) is 0. The van der Waals surface area contributed by atoms with Crippen molar-refractivity contribution in [3.8, 4) is 0 Å². The van der Waals surface area contributed by atoms with Gasteiger partial charge in [0.05, 0.1) is 0 Å². The van der Waals surface area contributed by atoms with E-state index in [1.807, 2.05) is 13.0 Å². The van der Waals surface area contributed by atoms with Crippen LogP contribution in [0.5, 0.6) is 0 Å². The maximum Gasteiger partial charge on any atom is 1.00 e. The monoisotopic (exact) mass is 252 g/mol. The smallest absolute Gasteiger partial charge is 0.245 e. The Kier molecular flexibility index (Phi) is 15.9. The van der Waals surface area contributed by atoms with E-state index in [2.05, 4.69) is 6.92 Å². The maximum atomic E-state index is 3.42. The summed E-state index contributed by atoms with van der Waals surface area (Å²) >= 11 is 0. The summed E-state index contributed by atoms with van der Waals surface area (Å²) < 4.78 is 0. The zero-order chi connectivity index (χ0) is 3.41. The van der Waals surface area contributed by atoms with Crippen LogP contribution in [0.15, 0.2) is 12.2 Å². The number of allylic oxidation sites excluding steroid dienone is 2. The zero-order valence-electron chi connectivity index (χ0n) is 3.16. The van der Waals surface area contributed by atoms with Crippen LogP contribution < -0.4 is 0 Å². The van der Waals surface area contributed by atoms with Crippen molar-refractivity contribution in [1.82, 2.24) is 0 Å². The van der Waals surface area contributed by atoms with Gasteiger partial charge in [-0.2, -0.15) is 0 Å². The molecular formula is C4H7Au. The number of rotatable bonds is 0. The Morgan fingerprint density at radius 3 is 1.80 bits per heavy atom. The van der Waals surface area contributed by atoms with E-state index >= 15 is 0 Å². The largest absolute Gasteiger partial charge is 1.00 e. The van der Waals surface area contributed by atoms with Crippen LogP contribution in [0.25, 0.3) is 0 Å². The second-order valence-electron chi connectivity index (χ2n) is 0.569. The van der Waals surface area contributed by atoms with E-state index in [4.69, 9.17) is 0 Å². The van der Waals surface area contributed by atoms with Crippen molar-refractivity contribution < 1.29 is 22.4 Å². The van der Waals surface area contributed by atoms with Crippen LogP contribution in [-0.4, -0.2) is 0 Å². The average Bonchev–Trinajstić information content (AvgIpc) is 1.37. The summed E-state index contributed by atoms with van der Waals surface area (Å²) in [6, 6.07) is 0. The predicted octanol–water partition coefficient (Wildman–Crippen LogP) is 1.39. The molecule has 0 aliphatic heterocycles. The van der Waals surface area contributed by atoms with Gasteiger partial charge in [-0.25, -0.2) is 19.1 Å². The fourth-order valence-corrected chi connectivity index (χ4v) is 0. The Morgan fingerprint density at radius 1 is 1.60 bits per heavy atom. The van der Waals surface area contributed by atoms with Crippen molar-refractivity contribution in [3.63, 3.8) is 0 Å². The van der Waals surface area contributed by atoms with Gasteiger partial charge >= 0.3 is 22.4 Å². The standard InChI is InChI=1S/C4H7.Au/c1-3-4-2;/h3-4H,1H2,2H3;/q-1;+1. The summed E-state index contributed by atoms with van der Waals surface area (Å²) in [5.74, 6) is 0. The SMILES string of the molecule is [Au+].[CH2-]C=CC. The van der Waals surface area contributed by atoms with Gasteiger partial charge in [-0.3, -0.25) is 0 Å². The molecule has 0 atom stereocenters. The summed E-state index contributed by atoms with van der Waals surface area (Å²) in [4.78, 5) is 0. The van der Waals surface area contributed by atoms with Gasteiger partial charge in [0.25, 0.3) is 0 Å². The van der Waals surface area contributed by atoms with Crippen LogP contribution in [0.2, 0.25) is 0 Å². The second kappa shape index (κ2) is 8.84. The molecule has 0 saturated carbocycles. The van der Waals surface area contributed by atoms with Crippen LogP contribution >= 0.6 is 0 Å². The molecule has 5 heavy (non-hydrogen) atoms. The molecule has 0 rings (SSSR count). The molecule has 0 aliphatic rings. The number of hydrogen-bond acceptors (Lipinski definition) is 0. The van der Waals surface area contributed by atoms with E-state index in [1.54, 1.807) is 6.08 Å².